The molecule has 1 atom stereocenters. The first-order valence-electron chi connectivity index (χ1n) is 7.12. The number of hydrogen-bond acceptors (Lipinski definition) is 5. The number of halogens is 3. The largest absolute Gasteiger partial charge is 0.408 e. The zero-order valence-corrected chi connectivity index (χ0v) is 12.6. The zero-order valence-electron chi connectivity index (χ0n) is 12.6. The molecule has 126 valence electrons. The fourth-order valence-corrected chi connectivity index (χ4v) is 2.24. The van der Waals surface area contributed by atoms with Gasteiger partial charge in [0.15, 0.2) is 5.82 Å². The maximum Gasteiger partial charge on any atom is 0.408 e. The van der Waals surface area contributed by atoms with E-state index in [0.717, 1.165) is 10.4 Å². The minimum atomic E-state index is -4.31. The summed E-state index contributed by atoms with van der Waals surface area (Å²) in [6.07, 6.45) is -1.69. The van der Waals surface area contributed by atoms with Crippen molar-refractivity contribution < 1.29 is 13.2 Å². The summed E-state index contributed by atoms with van der Waals surface area (Å²) in [6.45, 7) is 0.678. The molecule has 0 radical (unpaired) electrons. The molecular weight excluding hydrogens is 323 g/mol. The molecule has 0 amide bonds. The molecule has 3 rings (SSSR count). The zero-order chi connectivity index (χ0) is 17.2. The van der Waals surface area contributed by atoms with Crippen LogP contribution < -0.4 is 5.32 Å². The summed E-state index contributed by atoms with van der Waals surface area (Å²) in [4.78, 5) is 0. The number of rotatable bonds is 5. The normalized spacial score (nSPS) is 13.0. The molecule has 0 bridgehead atoms. The molecule has 2 aromatic heterocycles. The van der Waals surface area contributed by atoms with Crippen LogP contribution in [0.5, 0.6) is 0 Å². The van der Waals surface area contributed by atoms with Gasteiger partial charge in [0.1, 0.15) is 6.54 Å². The lowest BCUT2D eigenvalue weighted by Crippen LogP contribution is -2.18. The van der Waals surface area contributed by atoms with Crippen molar-refractivity contribution in [3.05, 3.63) is 48.5 Å². The number of nitrogens with zero attached hydrogens (tertiary/aromatic N) is 6. The lowest BCUT2D eigenvalue weighted by atomic mass is 10.2. The van der Waals surface area contributed by atoms with E-state index in [0.29, 0.717) is 11.5 Å². The number of tetrazole rings is 1. The molecule has 0 fully saturated rings. The molecule has 0 aliphatic carbocycles. The second-order valence-electron chi connectivity index (χ2n) is 5.19. The monoisotopic (exact) mass is 337 g/mol. The Kier molecular flexibility index (Phi) is 4.19. The predicted molar refractivity (Wildman–Crippen MR) is 79.5 cm³/mol. The van der Waals surface area contributed by atoms with E-state index in [1.807, 2.05) is 37.3 Å². The Morgan fingerprint density at radius 2 is 1.96 bits per heavy atom. The van der Waals surface area contributed by atoms with Crippen LogP contribution in [0.4, 0.5) is 18.9 Å². The Labute approximate surface area is 135 Å². The van der Waals surface area contributed by atoms with E-state index in [-0.39, 0.29) is 6.04 Å². The molecule has 3 aromatic rings. The number of hydrogen-bond donors (Lipinski definition) is 1. The molecule has 7 nitrogen and oxygen atoms in total. The van der Waals surface area contributed by atoms with Gasteiger partial charge in [0.2, 0.25) is 0 Å². The second-order valence-corrected chi connectivity index (χ2v) is 5.19. The average Bonchev–Trinajstić information content (AvgIpc) is 3.16. The van der Waals surface area contributed by atoms with Crippen molar-refractivity contribution in [3.63, 3.8) is 0 Å². The van der Waals surface area contributed by atoms with E-state index >= 15 is 0 Å². The van der Waals surface area contributed by atoms with Gasteiger partial charge in [-0.25, -0.2) is 0 Å². The number of benzene rings is 1. The van der Waals surface area contributed by atoms with Crippen LogP contribution in [0.25, 0.3) is 5.69 Å². The van der Waals surface area contributed by atoms with Crippen molar-refractivity contribution in [3.8, 4) is 5.69 Å². The Morgan fingerprint density at radius 1 is 1.21 bits per heavy atom. The highest BCUT2D eigenvalue weighted by atomic mass is 19.4. The smallest absolute Gasteiger partial charge is 0.373 e. The SMILES string of the molecule is C[C@H](Nc1cnn(CC(F)(F)F)c1)c1nnnn1-c1ccccc1. The molecule has 24 heavy (non-hydrogen) atoms. The van der Waals surface area contributed by atoms with E-state index in [1.165, 1.54) is 12.4 Å². The number of aromatic nitrogens is 6. The van der Waals surface area contributed by atoms with Gasteiger partial charge in [-0.1, -0.05) is 18.2 Å². The summed E-state index contributed by atoms with van der Waals surface area (Å²) in [5.41, 5.74) is 1.24. The molecule has 0 unspecified atom stereocenters. The van der Waals surface area contributed by atoms with Gasteiger partial charge in [-0.05, 0) is 29.5 Å². The van der Waals surface area contributed by atoms with Gasteiger partial charge >= 0.3 is 6.18 Å². The van der Waals surface area contributed by atoms with Gasteiger partial charge in [-0.3, -0.25) is 4.68 Å². The third-order valence-electron chi connectivity index (χ3n) is 3.24. The molecule has 1 N–H and O–H groups in total. The summed E-state index contributed by atoms with van der Waals surface area (Å²) in [5, 5.41) is 18.3. The van der Waals surface area contributed by atoms with Crippen LogP contribution in [0.1, 0.15) is 18.8 Å². The van der Waals surface area contributed by atoms with E-state index < -0.39 is 12.7 Å². The van der Waals surface area contributed by atoms with Crippen LogP contribution in [0, 0.1) is 0 Å². The fourth-order valence-electron chi connectivity index (χ4n) is 2.24. The molecule has 0 spiro atoms. The number of alkyl halides is 3. The molecule has 0 saturated carbocycles. The van der Waals surface area contributed by atoms with E-state index in [4.69, 9.17) is 0 Å². The van der Waals surface area contributed by atoms with Crippen molar-refractivity contribution in [2.75, 3.05) is 5.32 Å². The Hall–Kier alpha value is -2.91. The highest BCUT2D eigenvalue weighted by molar-refractivity contribution is 5.40. The third-order valence-corrected chi connectivity index (χ3v) is 3.24. The first kappa shape index (κ1) is 16.0. The molecule has 10 heteroatoms. The Morgan fingerprint density at radius 3 is 2.67 bits per heavy atom. The number of anilines is 1. The maximum absolute atomic E-state index is 12.4. The van der Waals surface area contributed by atoms with Crippen molar-refractivity contribution >= 4 is 5.69 Å². The first-order valence-corrected chi connectivity index (χ1v) is 7.12. The fraction of sp³-hybridized carbons (Fsp3) is 0.286. The van der Waals surface area contributed by atoms with Gasteiger partial charge in [0.25, 0.3) is 0 Å². The van der Waals surface area contributed by atoms with Gasteiger partial charge in [-0.15, -0.1) is 5.10 Å². The van der Waals surface area contributed by atoms with E-state index in [9.17, 15) is 13.2 Å². The Bertz CT molecular complexity index is 794. The number of nitrogens with one attached hydrogen (secondary N) is 1. The summed E-state index contributed by atoms with van der Waals surface area (Å²) in [7, 11) is 0. The lowest BCUT2D eigenvalue weighted by Gasteiger charge is -2.13. The molecule has 1 aromatic carbocycles. The van der Waals surface area contributed by atoms with Gasteiger partial charge in [-0.2, -0.15) is 23.0 Å². The van der Waals surface area contributed by atoms with Crippen LogP contribution >= 0.6 is 0 Å². The van der Waals surface area contributed by atoms with Crippen molar-refractivity contribution in [2.24, 2.45) is 0 Å². The lowest BCUT2D eigenvalue weighted by molar-refractivity contribution is -0.142. The molecule has 0 saturated heterocycles. The number of para-hydroxylation sites is 1. The quantitative estimate of drug-likeness (QED) is 0.775. The van der Waals surface area contributed by atoms with Crippen LogP contribution in [-0.4, -0.2) is 36.2 Å². The van der Waals surface area contributed by atoms with Crippen LogP contribution in [-0.2, 0) is 6.54 Å². The highest BCUT2D eigenvalue weighted by Gasteiger charge is 2.28. The summed E-state index contributed by atoms with van der Waals surface area (Å²) in [6, 6.07) is 8.98. The van der Waals surface area contributed by atoms with E-state index in [1.54, 1.807) is 4.68 Å². The van der Waals surface area contributed by atoms with E-state index in [2.05, 4.69) is 25.9 Å². The average molecular weight is 337 g/mol. The van der Waals surface area contributed by atoms with Crippen LogP contribution in [0.2, 0.25) is 0 Å². The summed E-state index contributed by atoms with van der Waals surface area (Å²) < 4.78 is 39.5. The third kappa shape index (κ3) is 3.70. The van der Waals surface area contributed by atoms with Gasteiger partial charge in [0.05, 0.1) is 23.6 Å². The van der Waals surface area contributed by atoms with Crippen molar-refractivity contribution in [2.45, 2.75) is 25.7 Å². The highest BCUT2D eigenvalue weighted by Crippen LogP contribution is 2.21. The van der Waals surface area contributed by atoms with Crippen LogP contribution in [0.3, 0.4) is 0 Å². The second kappa shape index (κ2) is 6.30. The molecular formula is C14H14F3N7. The predicted octanol–water partition coefficient (Wildman–Crippen LogP) is 2.59. The molecule has 0 aliphatic rings. The molecule has 2 heterocycles. The summed E-state index contributed by atoms with van der Waals surface area (Å²) in [5.74, 6) is 0.532. The minimum absolute atomic E-state index is 0.330. The topological polar surface area (TPSA) is 73.5 Å². The minimum Gasteiger partial charge on any atom is -0.373 e. The van der Waals surface area contributed by atoms with Crippen molar-refractivity contribution in [1.82, 2.24) is 30.0 Å². The molecule has 0 aliphatic heterocycles. The maximum atomic E-state index is 12.4. The first-order chi connectivity index (χ1) is 11.4. The van der Waals surface area contributed by atoms with Crippen LogP contribution in [0.15, 0.2) is 42.7 Å². The van der Waals surface area contributed by atoms with Gasteiger partial charge in [0, 0.05) is 6.20 Å². The van der Waals surface area contributed by atoms with Gasteiger partial charge < -0.3 is 5.32 Å². The Balaban J connectivity index is 1.75. The van der Waals surface area contributed by atoms with Crippen molar-refractivity contribution in [1.29, 1.82) is 0 Å². The standard InChI is InChI=1S/C14H14F3N7/c1-10(19-11-7-18-23(8-11)9-14(15,16)17)13-20-21-22-24(13)12-5-3-2-4-6-12/h2-8,10,19H,9H2,1H3/t10-/m0/s1. The summed E-state index contributed by atoms with van der Waals surface area (Å²) >= 11 is 0.